The average Bonchev–Trinajstić information content (AvgIpc) is 2.70. The van der Waals surface area contributed by atoms with Gasteiger partial charge in [-0.25, -0.2) is 9.78 Å². The van der Waals surface area contributed by atoms with E-state index < -0.39 is 12.0 Å². The first-order valence-corrected chi connectivity index (χ1v) is 6.20. The van der Waals surface area contributed by atoms with Crippen LogP contribution in [0, 0.1) is 12.8 Å². The SMILES string of the molecule is Cc1nc(CC(=O)N(C)C(CC(C)C)C(=O)O)co1. The highest BCUT2D eigenvalue weighted by molar-refractivity contribution is 5.84. The lowest BCUT2D eigenvalue weighted by molar-refractivity contribution is -0.149. The van der Waals surface area contributed by atoms with Crippen LogP contribution >= 0.6 is 0 Å². The van der Waals surface area contributed by atoms with Crippen molar-refractivity contribution in [2.75, 3.05) is 7.05 Å². The van der Waals surface area contributed by atoms with Gasteiger partial charge in [0.15, 0.2) is 5.89 Å². The summed E-state index contributed by atoms with van der Waals surface area (Å²) < 4.78 is 5.02. The van der Waals surface area contributed by atoms with Crippen LogP contribution in [0.2, 0.25) is 0 Å². The number of carboxylic acid groups (broad SMARTS) is 1. The number of aryl methyl sites for hydroxylation is 1. The van der Waals surface area contributed by atoms with E-state index in [0.29, 0.717) is 18.0 Å². The van der Waals surface area contributed by atoms with Crippen LogP contribution in [0.5, 0.6) is 0 Å². The van der Waals surface area contributed by atoms with Gasteiger partial charge in [-0.2, -0.15) is 0 Å². The molecule has 0 saturated heterocycles. The molecule has 0 aliphatic carbocycles. The molecule has 1 heterocycles. The topological polar surface area (TPSA) is 83.6 Å². The zero-order valence-electron chi connectivity index (χ0n) is 11.7. The van der Waals surface area contributed by atoms with Crippen molar-refractivity contribution in [2.24, 2.45) is 5.92 Å². The number of nitrogens with zero attached hydrogens (tertiary/aromatic N) is 2. The second-order valence-corrected chi connectivity index (χ2v) is 5.02. The van der Waals surface area contributed by atoms with Gasteiger partial charge in [0.25, 0.3) is 0 Å². The molecule has 0 radical (unpaired) electrons. The van der Waals surface area contributed by atoms with Gasteiger partial charge in [0, 0.05) is 14.0 Å². The Bertz CT molecular complexity index is 453. The fourth-order valence-corrected chi connectivity index (χ4v) is 1.81. The number of carbonyl (C=O) groups is 2. The van der Waals surface area contributed by atoms with Crippen molar-refractivity contribution < 1.29 is 19.1 Å². The Morgan fingerprint density at radius 3 is 2.53 bits per heavy atom. The Morgan fingerprint density at radius 1 is 1.47 bits per heavy atom. The zero-order valence-corrected chi connectivity index (χ0v) is 11.7. The molecular formula is C13H20N2O4. The van der Waals surface area contributed by atoms with Gasteiger partial charge in [0.2, 0.25) is 5.91 Å². The van der Waals surface area contributed by atoms with Gasteiger partial charge >= 0.3 is 5.97 Å². The fourth-order valence-electron chi connectivity index (χ4n) is 1.81. The van der Waals surface area contributed by atoms with Crippen LogP contribution in [-0.4, -0.2) is 40.0 Å². The van der Waals surface area contributed by atoms with Gasteiger partial charge in [-0.1, -0.05) is 13.8 Å². The summed E-state index contributed by atoms with van der Waals surface area (Å²) in [7, 11) is 1.51. The van der Waals surface area contributed by atoms with Gasteiger partial charge in [0.05, 0.1) is 12.1 Å². The Morgan fingerprint density at radius 2 is 2.11 bits per heavy atom. The molecular weight excluding hydrogens is 248 g/mol. The lowest BCUT2D eigenvalue weighted by Crippen LogP contribution is -2.43. The van der Waals surface area contributed by atoms with E-state index in [0.717, 1.165) is 0 Å². The van der Waals surface area contributed by atoms with Gasteiger partial charge in [-0.15, -0.1) is 0 Å². The van der Waals surface area contributed by atoms with Crippen LogP contribution in [0.25, 0.3) is 0 Å². The van der Waals surface area contributed by atoms with Crippen molar-refractivity contribution in [2.45, 2.75) is 39.7 Å². The van der Waals surface area contributed by atoms with Crippen LogP contribution < -0.4 is 0 Å². The second-order valence-electron chi connectivity index (χ2n) is 5.02. The lowest BCUT2D eigenvalue weighted by Gasteiger charge is -2.25. The molecule has 0 aliphatic heterocycles. The number of oxazole rings is 1. The standard InChI is InChI=1S/C13H20N2O4/c1-8(2)5-11(13(17)18)15(4)12(16)6-10-7-19-9(3)14-10/h7-8,11H,5-6H2,1-4H3,(H,17,18). The van der Waals surface area contributed by atoms with E-state index in [9.17, 15) is 14.7 Å². The van der Waals surface area contributed by atoms with Crippen LogP contribution in [0.1, 0.15) is 31.9 Å². The summed E-state index contributed by atoms with van der Waals surface area (Å²) in [5, 5.41) is 9.18. The maximum absolute atomic E-state index is 12.0. The van der Waals surface area contributed by atoms with E-state index in [1.165, 1.54) is 18.2 Å². The first kappa shape index (κ1) is 15.2. The third kappa shape index (κ3) is 4.39. The van der Waals surface area contributed by atoms with Crippen LogP contribution in [-0.2, 0) is 16.0 Å². The number of carboxylic acids is 1. The van der Waals surface area contributed by atoms with Crippen LogP contribution in [0.4, 0.5) is 0 Å². The quantitative estimate of drug-likeness (QED) is 0.845. The molecule has 0 aliphatic rings. The largest absolute Gasteiger partial charge is 0.480 e. The predicted molar refractivity (Wildman–Crippen MR) is 68.6 cm³/mol. The zero-order chi connectivity index (χ0) is 14.6. The van der Waals surface area contributed by atoms with Crippen molar-refractivity contribution in [3.05, 3.63) is 17.8 Å². The van der Waals surface area contributed by atoms with Gasteiger partial charge in [-0.05, 0) is 12.3 Å². The number of amides is 1. The Balaban J connectivity index is 2.70. The van der Waals surface area contributed by atoms with E-state index in [4.69, 9.17) is 4.42 Å². The van der Waals surface area contributed by atoms with Crippen molar-refractivity contribution in [3.63, 3.8) is 0 Å². The molecule has 1 aromatic rings. The van der Waals surface area contributed by atoms with Crippen molar-refractivity contribution in [3.8, 4) is 0 Å². The minimum Gasteiger partial charge on any atom is -0.480 e. The first-order valence-electron chi connectivity index (χ1n) is 6.20. The number of carbonyl (C=O) groups excluding carboxylic acids is 1. The third-order valence-corrected chi connectivity index (χ3v) is 2.84. The normalized spacial score (nSPS) is 12.5. The number of likely N-dealkylation sites (N-methyl/N-ethyl adjacent to an activating group) is 1. The molecule has 1 unspecified atom stereocenters. The van der Waals surface area contributed by atoms with Crippen molar-refractivity contribution >= 4 is 11.9 Å². The van der Waals surface area contributed by atoms with Crippen LogP contribution in [0.3, 0.4) is 0 Å². The first-order chi connectivity index (χ1) is 8.81. The van der Waals surface area contributed by atoms with Gasteiger partial charge in [-0.3, -0.25) is 4.79 Å². The van der Waals surface area contributed by atoms with Gasteiger partial charge in [0.1, 0.15) is 12.3 Å². The summed E-state index contributed by atoms with van der Waals surface area (Å²) in [6, 6.07) is -0.805. The molecule has 106 valence electrons. The van der Waals surface area contributed by atoms with E-state index >= 15 is 0 Å². The maximum Gasteiger partial charge on any atom is 0.326 e. The number of hydrogen-bond donors (Lipinski definition) is 1. The molecule has 0 spiro atoms. The molecule has 6 heteroatoms. The predicted octanol–water partition coefficient (Wildman–Crippen LogP) is 1.48. The number of rotatable bonds is 6. The summed E-state index contributed by atoms with van der Waals surface area (Å²) in [4.78, 5) is 28.5. The maximum atomic E-state index is 12.0. The molecule has 0 aromatic carbocycles. The Hall–Kier alpha value is -1.85. The molecule has 1 rings (SSSR count). The molecule has 0 fully saturated rings. The Labute approximate surface area is 112 Å². The molecule has 1 amide bonds. The minimum atomic E-state index is -0.985. The lowest BCUT2D eigenvalue weighted by atomic mass is 10.0. The third-order valence-electron chi connectivity index (χ3n) is 2.84. The smallest absolute Gasteiger partial charge is 0.326 e. The molecule has 1 aromatic heterocycles. The summed E-state index contributed by atoms with van der Waals surface area (Å²) in [5.41, 5.74) is 0.517. The summed E-state index contributed by atoms with van der Waals surface area (Å²) in [6.07, 6.45) is 1.89. The summed E-state index contributed by atoms with van der Waals surface area (Å²) >= 11 is 0. The van der Waals surface area contributed by atoms with E-state index in [2.05, 4.69) is 4.98 Å². The highest BCUT2D eigenvalue weighted by Gasteiger charge is 2.27. The van der Waals surface area contributed by atoms with E-state index in [-0.39, 0.29) is 18.2 Å². The highest BCUT2D eigenvalue weighted by Crippen LogP contribution is 2.12. The molecule has 1 atom stereocenters. The molecule has 6 nitrogen and oxygen atoms in total. The average molecular weight is 268 g/mol. The van der Waals surface area contributed by atoms with E-state index in [1.807, 2.05) is 13.8 Å². The molecule has 1 N–H and O–H groups in total. The summed E-state index contributed by atoms with van der Waals surface area (Å²) in [5.74, 6) is -0.574. The fraction of sp³-hybridized carbons (Fsp3) is 0.615. The number of hydrogen-bond acceptors (Lipinski definition) is 4. The summed E-state index contributed by atoms with van der Waals surface area (Å²) in [6.45, 7) is 5.54. The van der Waals surface area contributed by atoms with Gasteiger partial charge < -0.3 is 14.4 Å². The van der Waals surface area contributed by atoms with Crippen molar-refractivity contribution in [1.29, 1.82) is 0 Å². The minimum absolute atomic E-state index is 0.0513. The molecule has 19 heavy (non-hydrogen) atoms. The second kappa shape index (κ2) is 6.36. The molecule has 0 saturated carbocycles. The monoisotopic (exact) mass is 268 g/mol. The van der Waals surface area contributed by atoms with Crippen LogP contribution in [0.15, 0.2) is 10.7 Å². The number of aromatic nitrogens is 1. The molecule has 0 bridgehead atoms. The Kier molecular flexibility index (Phi) is 5.09. The van der Waals surface area contributed by atoms with Crippen molar-refractivity contribution in [1.82, 2.24) is 9.88 Å². The van der Waals surface area contributed by atoms with E-state index in [1.54, 1.807) is 6.92 Å². The number of aliphatic carboxylic acids is 1. The highest BCUT2D eigenvalue weighted by atomic mass is 16.4.